The van der Waals surface area contributed by atoms with Gasteiger partial charge in [-0.3, -0.25) is 0 Å². The van der Waals surface area contributed by atoms with Crippen molar-refractivity contribution < 1.29 is 13.5 Å². The first-order valence-electron chi connectivity index (χ1n) is 6.76. The number of hydrogen-bond acceptors (Lipinski definition) is 2. The predicted molar refractivity (Wildman–Crippen MR) is 81.9 cm³/mol. The molecule has 2 aromatic rings. The van der Waals surface area contributed by atoms with Crippen molar-refractivity contribution in [3.8, 4) is 5.75 Å². The van der Waals surface area contributed by atoms with Crippen molar-refractivity contribution in [3.63, 3.8) is 0 Å². The molecule has 0 bridgehead atoms. The van der Waals surface area contributed by atoms with Gasteiger partial charge in [-0.1, -0.05) is 12.1 Å². The number of fused-ring (bicyclic) bond motifs is 1. The summed E-state index contributed by atoms with van der Waals surface area (Å²) in [6.45, 7) is 1.32. The summed E-state index contributed by atoms with van der Waals surface area (Å²) in [7, 11) is 0. The van der Waals surface area contributed by atoms with Crippen LogP contribution in [-0.4, -0.2) is 13.2 Å². The minimum Gasteiger partial charge on any atom is -0.493 e. The van der Waals surface area contributed by atoms with E-state index in [4.69, 9.17) is 4.74 Å². The van der Waals surface area contributed by atoms with Gasteiger partial charge in [-0.15, -0.1) is 0 Å². The van der Waals surface area contributed by atoms with Gasteiger partial charge in [0.2, 0.25) is 0 Å². The smallest absolute Gasteiger partial charge is 0.149 e. The lowest BCUT2D eigenvalue weighted by molar-refractivity contribution is 0.357. The number of benzene rings is 2. The van der Waals surface area contributed by atoms with E-state index in [1.165, 1.54) is 17.2 Å². The molecule has 0 amide bonds. The van der Waals surface area contributed by atoms with Crippen LogP contribution in [0, 0.1) is 11.6 Å². The van der Waals surface area contributed by atoms with Crippen molar-refractivity contribution in [2.45, 2.75) is 12.8 Å². The number of rotatable bonds is 4. The fraction of sp³-hybridized carbons (Fsp3) is 0.250. The molecule has 5 heteroatoms. The van der Waals surface area contributed by atoms with Crippen LogP contribution in [0.2, 0.25) is 0 Å². The average molecular weight is 354 g/mol. The second-order valence-corrected chi connectivity index (χ2v) is 5.82. The van der Waals surface area contributed by atoms with E-state index in [0.717, 1.165) is 31.3 Å². The normalized spacial score (nSPS) is 12.9. The number of nitrogens with one attached hydrogen (secondary N) is 1. The predicted octanol–water partition coefficient (Wildman–Crippen LogP) is 4.32. The van der Waals surface area contributed by atoms with Gasteiger partial charge >= 0.3 is 0 Å². The summed E-state index contributed by atoms with van der Waals surface area (Å²) < 4.78 is 32.5. The van der Waals surface area contributed by atoms with E-state index in [1.807, 2.05) is 12.1 Å². The lowest BCUT2D eigenvalue weighted by Gasteiger charge is -2.09. The summed E-state index contributed by atoms with van der Waals surface area (Å²) in [6.07, 6.45) is 1.71. The second kappa shape index (κ2) is 6.02. The molecule has 0 radical (unpaired) electrons. The highest BCUT2D eigenvalue weighted by Crippen LogP contribution is 2.26. The van der Waals surface area contributed by atoms with Gasteiger partial charge in [0.25, 0.3) is 0 Å². The molecular weight excluding hydrogens is 340 g/mol. The Hall–Kier alpha value is -1.62. The molecule has 0 aliphatic carbocycles. The van der Waals surface area contributed by atoms with Gasteiger partial charge in [0.15, 0.2) is 0 Å². The zero-order valence-corrected chi connectivity index (χ0v) is 12.8. The van der Waals surface area contributed by atoms with Gasteiger partial charge < -0.3 is 10.1 Å². The molecule has 1 heterocycles. The van der Waals surface area contributed by atoms with Crippen LogP contribution in [0.1, 0.15) is 11.1 Å². The van der Waals surface area contributed by atoms with Crippen LogP contribution >= 0.6 is 15.9 Å². The van der Waals surface area contributed by atoms with Gasteiger partial charge in [-0.2, -0.15) is 0 Å². The molecule has 21 heavy (non-hydrogen) atoms. The average Bonchev–Trinajstić information content (AvgIpc) is 2.92. The Labute approximate surface area is 130 Å². The van der Waals surface area contributed by atoms with Crippen LogP contribution in [-0.2, 0) is 12.8 Å². The Morgan fingerprint density at radius 2 is 2.00 bits per heavy atom. The standard InChI is InChI=1S/C16H14BrF2NO/c17-12-8-15(14(19)9-13(12)18)20-5-3-10-1-2-16-11(7-10)4-6-21-16/h1-2,7-9,20H,3-6H2. The van der Waals surface area contributed by atoms with E-state index in [9.17, 15) is 8.78 Å². The molecule has 110 valence electrons. The molecule has 0 spiro atoms. The third kappa shape index (κ3) is 3.18. The first-order chi connectivity index (χ1) is 10.1. The molecule has 0 unspecified atom stereocenters. The molecule has 1 N–H and O–H groups in total. The molecule has 1 aliphatic rings. The van der Waals surface area contributed by atoms with E-state index in [-0.39, 0.29) is 4.47 Å². The monoisotopic (exact) mass is 353 g/mol. The SMILES string of the molecule is Fc1cc(F)c(NCCc2ccc3c(c2)CCO3)cc1Br. The fourth-order valence-corrected chi connectivity index (χ4v) is 2.74. The summed E-state index contributed by atoms with van der Waals surface area (Å²) in [5, 5.41) is 2.99. The van der Waals surface area contributed by atoms with Crippen molar-refractivity contribution >= 4 is 21.6 Å². The molecule has 2 nitrogen and oxygen atoms in total. The minimum atomic E-state index is -0.600. The van der Waals surface area contributed by atoms with E-state index in [2.05, 4.69) is 27.3 Å². The minimum absolute atomic E-state index is 0.251. The van der Waals surface area contributed by atoms with Crippen LogP contribution in [0.15, 0.2) is 34.8 Å². The van der Waals surface area contributed by atoms with E-state index in [1.54, 1.807) is 0 Å². The summed E-state index contributed by atoms with van der Waals surface area (Å²) >= 11 is 3.06. The fourth-order valence-electron chi connectivity index (χ4n) is 2.39. The Balaban J connectivity index is 1.62. The van der Waals surface area contributed by atoms with Crippen LogP contribution in [0.25, 0.3) is 0 Å². The highest BCUT2D eigenvalue weighted by atomic mass is 79.9. The maximum Gasteiger partial charge on any atom is 0.149 e. The van der Waals surface area contributed by atoms with Gasteiger partial charge in [0.1, 0.15) is 17.4 Å². The molecule has 2 aromatic carbocycles. The van der Waals surface area contributed by atoms with Crippen LogP contribution in [0.5, 0.6) is 5.75 Å². The number of halogens is 3. The van der Waals surface area contributed by atoms with Crippen molar-refractivity contribution in [1.29, 1.82) is 0 Å². The number of anilines is 1. The quantitative estimate of drug-likeness (QED) is 0.826. The third-order valence-electron chi connectivity index (χ3n) is 3.49. The summed E-state index contributed by atoms with van der Waals surface area (Å²) in [5.74, 6) is -0.227. The highest BCUT2D eigenvalue weighted by Gasteiger charge is 2.12. The molecule has 3 rings (SSSR count). The zero-order valence-electron chi connectivity index (χ0n) is 11.3. The maximum absolute atomic E-state index is 13.6. The molecule has 0 saturated carbocycles. The Kier molecular flexibility index (Phi) is 4.10. The van der Waals surface area contributed by atoms with E-state index in [0.29, 0.717) is 12.2 Å². The van der Waals surface area contributed by atoms with Crippen molar-refractivity contribution in [2.75, 3.05) is 18.5 Å². The van der Waals surface area contributed by atoms with Gasteiger partial charge in [-0.05, 0) is 45.6 Å². The summed E-state index contributed by atoms with van der Waals surface area (Å²) in [4.78, 5) is 0. The van der Waals surface area contributed by atoms with Crippen molar-refractivity contribution in [1.82, 2.24) is 0 Å². The first-order valence-corrected chi connectivity index (χ1v) is 7.56. The number of ether oxygens (including phenoxy) is 1. The molecule has 0 saturated heterocycles. The number of hydrogen-bond donors (Lipinski definition) is 1. The lowest BCUT2D eigenvalue weighted by atomic mass is 10.1. The molecular formula is C16H14BrF2NO. The summed E-state index contributed by atoms with van der Waals surface area (Å²) in [5.41, 5.74) is 2.70. The van der Waals surface area contributed by atoms with E-state index >= 15 is 0 Å². The van der Waals surface area contributed by atoms with Gasteiger partial charge in [0.05, 0.1) is 16.8 Å². The van der Waals surface area contributed by atoms with Gasteiger partial charge in [0, 0.05) is 19.0 Å². The topological polar surface area (TPSA) is 21.3 Å². The molecule has 0 atom stereocenters. The molecule has 0 aromatic heterocycles. The van der Waals surface area contributed by atoms with E-state index < -0.39 is 11.6 Å². The first kappa shape index (κ1) is 14.3. The highest BCUT2D eigenvalue weighted by molar-refractivity contribution is 9.10. The summed E-state index contributed by atoms with van der Waals surface area (Å²) in [6, 6.07) is 8.41. The second-order valence-electron chi connectivity index (χ2n) is 4.96. The van der Waals surface area contributed by atoms with Crippen LogP contribution in [0.4, 0.5) is 14.5 Å². The Morgan fingerprint density at radius 3 is 2.86 bits per heavy atom. The van der Waals surface area contributed by atoms with Crippen molar-refractivity contribution in [3.05, 3.63) is 57.6 Å². The lowest BCUT2D eigenvalue weighted by Crippen LogP contribution is -2.07. The Morgan fingerprint density at radius 1 is 1.14 bits per heavy atom. The van der Waals surface area contributed by atoms with Gasteiger partial charge in [-0.25, -0.2) is 8.78 Å². The third-order valence-corrected chi connectivity index (χ3v) is 4.10. The van der Waals surface area contributed by atoms with Crippen molar-refractivity contribution in [2.24, 2.45) is 0 Å². The zero-order chi connectivity index (χ0) is 14.8. The van der Waals surface area contributed by atoms with Crippen LogP contribution < -0.4 is 10.1 Å². The largest absolute Gasteiger partial charge is 0.493 e. The molecule has 1 aliphatic heterocycles. The maximum atomic E-state index is 13.6. The molecule has 0 fully saturated rings. The Bertz CT molecular complexity index is 676. The van der Waals surface area contributed by atoms with Crippen LogP contribution in [0.3, 0.4) is 0 Å².